The van der Waals surface area contributed by atoms with Gasteiger partial charge >= 0.3 is 0 Å². The van der Waals surface area contributed by atoms with Crippen LogP contribution in [0.3, 0.4) is 0 Å². The second kappa shape index (κ2) is 6.07. The average Bonchev–Trinajstić information content (AvgIpc) is 3.12. The maximum Gasteiger partial charge on any atom is 0.188 e. The fraction of sp³-hybridized carbons (Fsp3) is 0.231. The minimum absolute atomic E-state index is 0.584. The Hall–Kier alpha value is -2.54. The van der Waals surface area contributed by atoms with Gasteiger partial charge in [0.25, 0.3) is 0 Å². The number of tetrazole rings is 1. The number of aromatic nitrogens is 6. The predicted octanol–water partition coefficient (Wildman–Crippen LogP) is 0.734. The summed E-state index contributed by atoms with van der Waals surface area (Å²) in [6.45, 7) is 2.09. The third-order valence-corrected chi connectivity index (χ3v) is 2.88. The van der Waals surface area contributed by atoms with Gasteiger partial charge in [-0.1, -0.05) is 35.5 Å². The van der Waals surface area contributed by atoms with E-state index in [1.165, 1.54) is 5.56 Å². The van der Waals surface area contributed by atoms with Gasteiger partial charge in [-0.05, 0) is 5.56 Å². The first-order valence-corrected chi connectivity index (χ1v) is 6.38. The van der Waals surface area contributed by atoms with Crippen molar-refractivity contribution in [3.05, 3.63) is 59.7 Å². The minimum atomic E-state index is 0.584. The van der Waals surface area contributed by atoms with Crippen molar-refractivity contribution in [1.29, 1.82) is 0 Å². The molecule has 0 aliphatic carbocycles. The number of nitrogens with zero attached hydrogens (tertiary/aromatic N) is 5. The molecular weight excluding hydrogens is 254 g/mol. The Morgan fingerprint density at radius 2 is 2.00 bits per heavy atom. The zero-order valence-corrected chi connectivity index (χ0v) is 10.9. The van der Waals surface area contributed by atoms with E-state index in [0.717, 1.165) is 18.7 Å². The van der Waals surface area contributed by atoms with Crippen molar-refractivity contribution in [3.8, 4) is 0 Å². The molecule has 0 amide bonds. The van der Waals surface area contributed by atoms with Gasteiger partial charge < -0.3 is 5.32 Å². The smallest absolute Gasteiger partial charge is 0.188 e. The largest absolute Gasteiger partial charge is 0.305 e. The molecule has 2 heterocycles. The van der Waals surface area contributed by atoms with Gasteiger partial charge in [-0.3, -0.25) is 4.68 Å². The number of hydrogen-bond acceptors (Lipinski definition) is 5. The van der Waals surface area contributed by atoms with Crippen LogP contribution in [0.5, 0.6) is 0 Å². The summed E-state index contributed by atoms with van der Waals surface area (Å²) in [4.78, 5) is 0. The fourth-order valence-electron chi connectivity index (χ4n) is 1.93. The van der Waals surface area contributed by atoms with Crippen molar-refractivity contribution in [3.63, 3.8) is 0 Å². The number of rotatable bonds is 6. The molecule has 0 radical (unpaired) electrons. The van der Waals surface area contributed by atoms with Gasteiger partial charge in [0.2, 0.25) is 0 Å². The van der Waals surface area contributed by atoms with Crippen LogP contribution in [-0.4, -0.2) is 30.4 Å². The SMILES string of the molecule is c1ccc(Cn2cc(CNCc3nn[nH]n3)cn2)cc1. The Morgan fingerprint density at radius 1 is 1.10 bits per heavy atom. The van der Waals surface area contributed by atoms with Crippen LogP contribution in [0.15, 0.2) is 42.7 Å². The minimum Gasteiger partial charge on any atom is -0.305 e. The summed E-state index contributed by atoms with van der Waals surface area (Å²) in [6.07, 6.45) is 3.91. The highest BCUT2D eigenvalue weighted by Crippen LogP contribution is 2.04. The van der Waals surface area contributed by atoms with E-state index < -0.39 is 0 Å². The second-order valence-electron chi connectivity index (χ2n) is 4.46. The lowest BCUT2D eigenvalue weighted by molar-refractivity contribution is 0.659. The maximum atomic E-state index is 4.35. The van der Waals surface area contributed by atoms with Crippen LogP contribution < -0.4 is 5.32 Å². The molecule has 0 unspecified atom stereocenters. The predicted molar refractivity (Wildman–Crippen MR) is 72.5 cm³/mol. The number of aromatic amines is 1. The molecule has 7 nitrogen and oxygen atoms in total. The molecule has 2 N–H and O–H groups in total. The Labute approximate surface area is 116 Å². The highest BCUT2D eigenvalue weighted by atomic mass is 15.5. The Balaban J connectivity index is 1.52. The molecular formula is C13H15N7. The normalized spacial score (nSPS) is 10.8. The molecule has 0 aliphatic heterocycles. The molecule has 0 aliphatic rings. The standard InChI is InChI=1S/C13H15N7/c1-2-4-11(5-3-1)9-20-10-12(7-15-20)6-14-8-13-16-18-19-17-13/h1-5,7,10,14H,6,8-9H2,(H,16,17,18,19). The van der Waals surface area contributed by atoms with Crippen molar-refractivity contribution in [2.75, 3.05) is 0 Å². The third-order valence-electron chi connectivity index (χ3n) is 2.88. The van der Waals surface area contributed by atoms with Crippen LogP contribution >= 0.6 is 0 Å². The van der Waals surface area contributed by atoms with Crippen LogP contribution in [0.25, 0.3) is 0 Å². The van der Waals surface area contributed by atoms with E-state index in [2.05, 4.69) is 43.2 Å². The molecule has 0 bridgehead atoms. The highest BCUT2D eigenvalue weighted by Gasteiger charge is 2.01. The van der Waals surface area contributed by atoms with Gasteiger partial charge in [0, 0.05) is 18.3 Å². The monoisotopic (exact) mass is 269 g/mol. The third kappa shape index (κ3) is 3.27. The molecule has 0 saturated heterocycles. The lowest BCUT2D eigenvalue weighted by Crippen LogP contribution is -2.13. The van der Waals surface area contributed by atoms with Gasteiger partial charge in [0.05, 0.1) is 19.3 Å². The van der Waals surface area contributed by atoms with Crippen molar-refractivity contribution in [1.82, 2.24) is 35.7 Å². The lowest BCUT2D eigenvalue weighted by atomic mass is 10.2. The summed E-state index contributed by atoms with van der Waals surface area (Å²) in [5.74, 6) is 0.654. The lowest BCUT2D eigenvalue weighted by Gasteiger charge is -2.01. The van der Waals surface area contributed by atoms with E-state index in [0.29, 0.717) is 12.4 Å². The van der Waals surface area contributed by atoms with Crippen LogP contribution in [0, 0.1) is 0 Å². The molecule has 20 heavy (non-hydrogen) atoms. The van der Waals surface area contributed by atoms with Gasteiger partial charge in [-0.15, -0.1) is 10.2 Å². The zero-order chi connectivity index (χ0) is 13.6. The quantitative estimate of drug-likeness (QED) is 0.689. The fourth-order valence-corrected chi connectivity index (χ4v) is 1.93. The van der Waals surface area contributed by atoms with Gasteiger partial charge in [0.1, 0.15) is 0 Å². The summed E-state index contributed by atoms with van der Waals surface area (Å²) in [6, 6.07) is 10.3. The molecule has 2 aromatic heterocycles. The second-order valence-corrected chi connectivity index (χ2v) is 4.46. The van der Waals surface area contributed by atoms with Gasteiger partial charge in [0.15, 0.2) is 5.82 Å². The summed E-state index contributed by atoms with van der Waals surface area (Å²) < 4.78 is 1.93. The number of H-pyrrole nitrogens is 1. The summed E-state index contributed by atoms with van der Waals surface area (Å²) >= 11 is 0. The Bertz CT molecular complexity index is 630. The molecule has 0 saturated carbocycles. The van der Waals surface area contributed by atoms with E-state index >= 15 is 0 Å². The van der Waals surface area contributed by atoms with Gasteiger partial charge in [-0.2, -0.15) is 10.3 Å². The Morgan fingerprint density at radius 3 is 2.80 bits per heavy atom. The number of hydrogen-bond donors (Lipinski definition) is 2. The van der Waals surface area contributed by atoms with E-state index in [-0.39, 0.29) is 0 Å². The first-order chi connectivity index (χ1) is 9.90. The van der Waals surface area contributed by atoms with E-state index in [9.17, 15) is 0 Å². The van der Waals surface area contributed by atoms with Crippen LogP contribution in [-0.2, 0) is 19.6 Å². The molecule has 0 atom stereocenters. The van der Waals surface area contributed by atoms with Crippen LogP contribution in [0.4, 0.5) is 0 Å². The van der Waals surface area contributed by atoms with E-state index in [1.807, 2.05) is 35.3 Å². The van der Waals surface area contributed by atoms with Crippen LogP contribution in [0.2, 0.25) is 0 Å². The maximum absolute atomic E-state index is 4.35. The average molecular weight is 269 g/mol. The summed E-state index contributed by atoms with van der Waals surface area (Å²) in [7, 11) is 0. The highest BCUT2D eigenvalue weighted by molar-refractivity contribution is 5.15. The number of nitrogens with one attached hydrogen (secondary N) is 2. The van der Waals surface area contributed by atoms with Crippen molar-refractivity contribution in [2.45, 2.75) is 19.6 Å². The van der Waals surface area contributed by atoms with Gasteiger partial charge in [-0.25, -0.2) is 0 Å². The molecule has 3 rings (SSSR count). The molecule has 0 spiro atoms. The number of benzene rings is 1. The molecule has 1 aromatic carbocycles. The topological polar surface area (TPSA) is 84.3 Å². The summed E-state index contributed by atoms with van der Waals surface area (Å²) in [5, 5.41) is 21.3. The summed E-state index contributed by atoms with van der Waals surface area (Å²) in [5.41, 5.74) is 2.37. The first kappa shape index (κ1) is 12.5. The van der Waals surface area contributed by atoms with E-state index in [4.69, 9.17) is 0 Å². The molecule has 0 fully saturated rings. The first-order valence-electron chi connectivity index (χ1n) is 6.38. The van der Waals surface area contributed by atoms with E-state index in [1.54, 1.807) is 0 Å². The van der Waals surface area contributed by atoms with Crippen molar-refractivity contribution in [2.24, 2.45) is 0 Å². The Kier molecular flexibility index (Phi) is 3.79. The van der Waals surface area contributed by atoms with Crippen molar-refractivity contribution >= 4 is 0 Å². The molecule has 7 heteroatoms. The zero-order valence-electron chi connectivity index (χ0n) is 10.9. The van der Waals surface area contributed by atoms with Crippen LogP contribution in [0.1, 0.15) is 17.0 Å². The molecule has 3 aromatic rings. The van der Waals surface area contributed by atoms with Crippen molar-refractivity contribution < 1.29 is 0 Å². The molecule has 102 valence electrons.